The molecule has 0 atom stereocenters. The first-order valence-electron chi connectivity index (χ1n) is 8.12. The van der Waals surface area contributed by atoms with Crippen LogP contribution in [0.3, 0.4) is 0 Å². The zero-order chi connectivity index (χ0) is 18.8. The van der Waals surface area contributed by atoms with Gasteiger partial charge < -0.3 is 9.47 Å². The molecule has 0 aliphatic carbocycles. The Labute approximate surface area is 159 Å². The van der Waals surface area contributed by atoms with Crippen molar-refractivity contribution in [3.05, 3.63) is 59.5 Å². The lowest BCUT2D eigenvalue weighted by Crippen LogP contribution is -2.14. The summed E-state index contributed by atoms with van der Waals surface area (Å²) in [4.78, 5) is 17.6. The number of para-hydroxylation sites is 1. The summed E-state index contributed by atoms with van der Waals surface area (Å²) in [6, 6.07) is 14.7. The van der Waals surface area contributed by atoms with Crippen LogP contribution in [0.1, 0.15) is 10.4 Å². The van der Waals surface area contributed by atoms with Gasteiger partial charge in [-0.25, -0.2) is 4.52 Å². The standard InChI is InChI=1S/C19H16N4O3S/c1-25-13-7-5-6-12(10-13)15-11-27-19-21-18(22-23(15)19)20-17(24)14-8-3-4-9-16(14)26-2/h3-11H,1-2H3,(H,20,22,24). The number of fused-ring (bicyclic) bond motifs is 1. The Hall–Kier alpha value is -3.39. The number of nitrogens with one attached hydrogen (secondary N) is 1. The third-order valence-electron chi connectivity index (χ3n) is 4.02. The molecule has 0 bridgehead atoms. The van der Waals surface area contributed by atoms with Gasteiger partial charge in [0.05, 0.1) is 25.5 Å². The molecule has 8 heteroatoms. The smallest absolute Gasteiger partial charge is 0.261 e. The number of methoxy groups -OCH3 is 2. The van der Waals surface area contributed by atoms with Gasteiger partial charge in [0, 0.05) is 10.9 Å². The van der Waals surface area contributed by atoms with Crippen molar-refractivity contribution in [2.24, 2.45) is 0 Å². The first kappa shape index (κ1) is 17.0. The zero-order valence-electron chi connectivity index (χ0n) is 14.7. The second kappa shape index (κ2) is 7.08. The third-order valence-corrected chi connectivity index (χ3v) is 4.84. The Balaban J connectivity index is 1.65. The fourth-order valence-corrected chi connectivity index (χ4v) is 3.55. The quantitative estimate of drug-likeness (QED) is 0.571. The van der Waals surface area contributed by atoms with Crippen LogP contribution in [0, 0.1) is 0 Å². The van der Waals surface area contributed by atoms with Crippen LogP contribution in [0.25, 0.3) is 16.2 Å². The highest BCUT2D eigenvalue weighted by Crippen LogP contribution is 2.28. The normalized spacial score (nSPS) is 10.7. The van der Waals surface area contributed by atoms with Crippen LogP contribution in [0.2, 0.25) is 0 Å². The van der Waals surface area contributed by atoms with Gasteiger partial charge in [-0.15, -0.1) is 16.4 Å². The molecule has 2 aromatic carbocycles. The largest absolute Gasteiger partial charge is 0.497 e. The minimum atomic E-state index is -0.325. The maximum Gasteiger partial charge on any atom is 0.261 e. The van der Waals surface area contributed by atoms with E-state index in [1.165, 1.54) is 18.4 Å². The number of carbonyl (C=O) groups is 1. The fourth-order valence-electron chi connectivity index (χ4n) is 2.72. The van der Waals surface area contributed by atoms with Crippen molar-refractivity contribution in [3.8, 4) is 22.8 Å². The van der Waals surface area contributed by atoms with Gasteiger partial charge in [-0.1, -0.05) is 24.3 Å². The number of hydrogen-bond donors (Lipinski definition) is 1. The van der Waals surface area contributed by atoms with E-state index in [1.54, 1.807) is 35.9 Å². The van der Waals surface area contributed by atoms with Gasteiger partial charge in [0.25, 0.3) is 11.9 Å². The summed E-state index contributed by atoms with van der Waals surface area (Å²) < 4.78 is 12.2. The first-order valence-corrected chi connectivity index (χ1v) is 9.00. The number of rotatable bonds is 5. The highest BCUT2D eigenvalue weighted by atomic mass is 32.1. The van der Waals surface area contributed by atoms with Crippen LogP contribution in [-0.2, 0) is 0 Å². The number of ether oxygens (including phenoxy) is 2. The molecule has 0 aliphatic rings. The first-order chi connectivity index (χ1) is 13.2. The maximum absolute atomic E-state index is 12.5. The second-order valence-corrected chi connectivity index (χ2v) is 6.47. The monoisotopic (exact) mass is 380 g/mol. The number of nitrogens with zero attached hydrogens (tertiary/aromatic N) is 3. The van der Waals surface area contributed by atoms with Gasteiger partial charge in [-0.05, 0) is 24.3 Å². The zero-order valence-corrected chi connectivity index (χ0v) is 15.5. The van der Waals surface area contributed by atoms with Crippen LogP contribution in [0.15, 0.2) is 53.9 Å². The molecule has 0 spiro atoms. The van der Waals surface area contributed by atoms with E-state index in [0.29, 0.717) is 16.3 Å². The molecule has 1 amide bonds. The van der Waals surface area contributed by atoms with Gasteiger partial charge in [-0.3, -0.25) is 10.1 Å². The molecule has 2 heterocycles. The van der Waals surface area contributed by atoms with Crippen LogP contribution in [0.5, 0.6) is 11.5 Å². The van der Waals surface area contributed by atoms with Crippen LogP contribution >= 0.6 is 11.3 Å². The number of carbonyl (C=O) groups excluding carboxylic acids is 1. The Morgan fingerprint density at radius 1 is 1.11 bits per heavy atom. The molecule has 136 valence electrons. The molecule has 0 unspecified atom stereocenters. The summed E-state index contributed by atoms with van der Waals surface area (Å²) in [5, 5.41) is 9.13. The predicted molar refractivity (Wildman–Crippen MR) is 104 cm³/mol. The average molecular weight is 380 g/mol. The lowest BCUT2D eigenvalue weighted by molar-refractivity contribution is 0.102. The summed E-state index contributed by atoms with van der Waals surface area (Å²) in [6.07, 6.45) is 0. The molecule has 0 saturated carbocycles. The van der Waals surface area contributed by atoms with E-state index in [9.17, 15) is 4.79 Å². The molecule has 1 N–H and O–H groups in total. The Kier molecular flexibility index (Phi) is 4.47. The van der Waals surface area contributed by atoms with Crippen molar-refractivity contribution in [3.63, 3.8) is 0 Å². The maximum atomic E-state index is 12.5. The van der Waals surface area contributed by atoms with Crippen molar-refractivity contribution in [2.75, 3.05) is 19.5 Å². The minimum Gasteiger partial charge on any atom is -0.497 e. The average Bonchev–Trinajstić information content (AvgIpc) is 3.28. The number of thiazole rings is 1. The molecule has 4 rings (SSSR count). The van der Waals surface area contributed by atoms with Gasteiger partial charge in [-0.2, -0.15) is 4.98 Å². The van der Waals surface area contributed by atoms with E-state index < -0.39 is 0 Å². The number of benzene rings is 2. The van der Waals surface area contributed by atoms with Crippen LogP contribution in [0.4, 0.5) is 5.95 Å². The highest BCUT2D eigenvalue weighted by molar-refractivity contribution is 7.15. The number of aromatic nitrogens is 3. The molecular weight excluding hydrogens is 364 g/mol. The topological polar surface area (TPSA) is 77.8 Å². The summed E-state index contributed by atoms with van der Waals surface area (Å²) in [5.74, 6) is 1.17. The van der Waals surface area contributed by atoms with E-state index in [1.807, 2.05) is 29.6 Å². The van der Waals surface area contributed by atoms with Crippen molar-refractivity contribution >= 4 is 28.2 Å². The van der Waals surface area contributed by atoms with E-state index in [0.717, 1.165) is 17.0 Å². The second-order valence-electron chi connectivity index (χ2n) is 5.64. The van der Waals surface area contributed by atoms with Gasteiger partial charge >= 0.3 is 0 Å². The number of anilines is 1. The van der Waals surface area contributed by atoms with Crippen molar-refractivity contribution < 1.29 is 14.3 Å². The molecule has 27 heavy (non-hydrogen) atoms. The molecule has 2 aromatic heterocycles. The fraction of sp³-hybridized carbons (Fsp3) is 0.105. The van der Waals surface area contributed by atoms with Crippen molar-refractivity contribution in [1.82, 2.24) is 14.6 Å². The van der Waals surface area contributed by atoms with Gasteiger partial charge in [0.2, 0.25) is 4.96 Å². The van der Waals surface area contributed by atoms with Gasteiger partial charge in [0.1, 0.15) is 11.5 Å². The van der Waals surface area contributed by atoms with E-state index in [4.69, 9.17) is 9.47 Å². The van der Waals surface area contributed by atoms with Gasteiger partial charge in [0.15, 0.2) is 0 Å². The Morgan fingerprint density at radius 2 is 1.96 bits per heavy atom. The van der Waals surface area contributed by atoms with Crippen molar-refractivity contribution in [2.45, 2.75) is 0 Å². The van der Waals surface area contributed by atoms with E-state index in [2.05, 4.69) is 15.4 Å². The van der Waals surface area contributed by atoms with Crippen molar-refractivity contribution in [1.29, 1.82) is 0 Å². The minimum absolute atomic E-state index is 0.238. The molecule has 0 saturated heterocycles. The van der Waals surface area contributed by atoms with Crippen LogP contribution in [-0.4, -0.2) is 34.7 Å². The predicted octanol–water partition coefficient (Wildman–Crippen LogP) is 3.73. The van der Waals surface area contributed by atoms with Crippen LogP contribution < -0.4 is 14.8 Å². The molecule has 0 fully saturated rings. The Morgan fingerprint density at radius 3 is 2.78 bits per heavy atom. The highest BCUT2D eigenvalue weighted by Gasteiger charge is 2.16. The third kappa shape index (κ3) is 3.22. The van der Waals surface area contributed by atoms with E-state index in [-0.39, 0.29) is 11.9 Å². The SMILES string of the molecule is COc1cccc(-c2csc3nc(NC(=O)c4ccccc4OC)nn23)c1. The molecular formula is C19H16N4O3S. The number of hydrogen-bond acceptors (Lipinski definition) is 6. The lowest BCUT2D eigenvalue weighted by Gasteiger charge is -2.06. The summed E-state index contributed by atoms with van der Waals surface area (Å²) in [7, 11) is 3.15. The van der Waals surface area contributed by atoms with E-state index >= 15 is 0 Å². The molecule has 4 aromatic rings. The summed E-state index contributed by atoms with van der Waals surface area (Å²) in [6.45, 7) is 0. The number of amides is 1. The molecule has 0 radical (unpaired) electrons. The summed E-state index contributed by atoms with van der Waals surface area (Å²) in [5.41, 5.74) is 2.25. The lowest BCUT2D eigenvalue weighted by atomic mass is 10.2. The molecule has 7 nitrogen and oxygen atoms in total. The summed E-state index contributed by atoms with van der Waals surface area (Å²) >= 11 is 1.45. The Bertz CT molecular complexity index is 1120. The molecule has 0 aliphatic heterocycles.